The minimum Gasteiger partial charge on any atom is -0.481 e. The van der Waals surface area contributed by atoms with Crippen LogP contribution in [0.25, 0.3) is 6.08 Å². The van der Waals surface area contributed by atoms with Crippen molar-refractivity contribution in [1.82, 2.24) is 0 Å². The van der Waals surface area contributed by atoms with Gasteiger partial charge in [-0.2, -0.15) is 5.26 Å². The maximum absolute atomic E-state index is 12.2. The molecule has 0 fully saturated rings. The van der Waals surface area contributed by atoms with E-state index in [1.54, 1.807) is 36.4 Å². The number of aryl methyl sites for hydroxylation is 1. The molecular formula is C20H16N2O2. The first-order valence-corrected chi connectivity index (χ1v) is 7.28. The zero-order chi connectivity index (χ0) is 17.4. The van der Waals surface area contributed by atoms with Crippen LogP contribution in [-0.2, 0) is 4.79 Å². The molecule has 1 N–H and O–H groups in total. The number of benzene rings is 2. The fourth-order valence-corrected chi connectivity index (χ4v) is 1.97. The topological polar surface area (TPSA) is 62.1 Å². The van der Waals surface area contributed by atoms with Gasteiger partial charge in [0.15, 0.2) is 0 Å². The summed E-state index contributed by atoms with van der Waals surface area (Å²) in [5.74, 6) is 2.50. The number of terminal acetylenes is 1. The molecule has 2 aromatic carbocycles. The number of hydrogen-bond donors (Lipinski definition) is 1. The zero-order valence-electron chi connectivity index (χ0n) is 13.2. The zero-order valence-corrected chi connectivity index (χ0v) is 13.2. The molecule has 0 bridgehead atoms. The number of hydrogen-bond acceptors (Lipinski definition) is 3. The van der Waals surface area contributed by atoms with Gasteiger partial charge in [-0.05, 0) is 42.8 Å². The Morgan fingerprint density at radius 3 is 2.71 bits per heavy atom. The Morgan fingerprint density at radius 1 is 1.29 bits per heavy atom. The normalized spacial score (nSPS) is 10.4. The molecule has 0 aliphatic heterocycles. The maximum Gasteiger partial charge on any atom is 0.266 e. The van der Waals surface area contributed by atoms with Gasteiger partial charge in [0, 0.05) is 5.69 Å². The molecule has 0 heterocycles. The summed E-state index contributed by atoms with van der Waals surface area (Å²) in [5, 5.41) is 12.0. The molecule has 0 aliphatic rings. The van der Waals surface area contributed by atoms with Crippen molar-refractivity contribution in [3.8, 4) is 24.2 Å². The smallest absolute Gasteiger partial charge is 0.266 e. The summed E-state index contributed by atoms with van der Waals surface area (Å²) in [4.78, 5) is 12.2. The van der Waals surface area contributed by atoms with E-state index in [-0.39, 0.29) is 12.2 Å². The molecular weight excluding hydrogens is 300 g/mol. The fourth-order valence-electron chi connectivity index (χ4n) is 1.97. The van der Waals surface area contributed by atoms with Gasteiger partial charge in [0.2, 0.25) is 0 Å². The van der Waals surface area contributed by atoms with E-state index in [4.69, 9.17) is 11.2 Å². The predicted octanol–water partition coefficient (Wildman–Crippen LogP) is 3.55. The number of nitrogens with one attached hydrogen (secondary N) is 1. The van der Waals surface area contributed by atoms with E-state index in [1.165, 1.54) is 6.08 Å². The van der Waals surface area contributed by atoms with Gasteiger partial charge in [-0.1, -0.05) is 35.7 Å². The lowest BCUT2D eigenvalue weighted by atomic mass is 10.1. The van der Waals surface area contributed by atoms with Crippen molar-refractivity contribution in [3.05, 3.63) is 65.2 Å². The van der Waals surface area contributed by atoms with Crippen LogP contribution in [0.5, 0.6) is 5.75 Å². The summed E-state index contributed by atoms with van der Waals surface area (Å²) < 4.78 is 5.33. The van der Waals surface area contributed by atoms with E-state index >= 15 is 0 Å². The molecule has 0 unspecified atom stereocenters. The summed E-state index contributed by atoms with van der Waals surface area (Å²) in [5.41, 5.74) is 2.41. The van der Waals surface area contributed by atoms with Crippen molar-refractivity contribution in [2.45, 2.75) is 6.92 Å². The number of anilines is 1. The van der Waals surface area contributed by atoms with Gasteiger partial charge in [0.1, 0.15) is 24.0 Å². The molecule has 2 aromatic rings. The molecule has 1 amide bonds. The van der Waals surface area contributed by atoms with Crippen LogP contribution in [0.1, 0.15) is 11.1 Å². The van der Waals surface area contributed by atoms with E-state index in [0.717, 1.165) is 5.56 Å². The average Bonchev–Trinajstić information content (AvgIpc) is 2.60. The van der Waals surface area contributed by atoms with E-state index in [2.05, 4.69) is 11.2 Å². The molecule has 2 rings (SSSR count). The third kappa shape index (κ3) is 4.76. The third-order valence-corrected chi connectivity index (χ3v) is 3.17. The highest BCUT2D eigenvalue weighted by Crippen LogP contribution is 2.17. The molecule has 4 heteroatoms. The second kappa shape index (κ2) is 8.22. The van der Waals surface area contributed by atoms with Crippen molar-refractivity contribution in [2.75, 3.05) is 11.9 Å². The quantitative estimate of drug-likeness (QED) is 0.521. The lowest BCUT2D eigenvalue weighted by Gasteiger charge is -2.06. The van der Waals surface area contributed by atoms with Crippen molar-refractivity contribution in [2.24, 2.45) is 0 Å². The fraction of sp³-hybridized carbons (Fsp3) is 0.100. The van der Waals surface area contributed by atoms with Gasteiger partial charge in [0.05, 0.1) is 0 Å². The van der Waals surface area contributed by atoms with Crippen LogP contribution in [-0.4, -0.2) is 12.5 Å². The SMILES string of the molecule is C#CCOc1cccc(/C=C(/C#N)C(=O)Nc2ccc(C)cc2)c1. The first-order chi connectivity index (χ1) is 11.6. The van der Waals surface area contributed by atoms with E-state index in [9.17, 15) is 10.1 Å². The van der Waals surface area contributed by atoms with Crippen LogP contribution in [0.15, 0.2) is 54.1 Å². The minimum absolute atomic E-state index is 0.00433. The third-order valence-electron chi connectivity index (χ3n) is 3.17. The van der Waals surface area contributed by atoms with Crippen molar-refractivity contribution >= 4 is 17.7 Å². The van der Waals surface area contributed by atoms with E-state index in [1.807, 2.05) is 25.1 Å². The van der Waals surface area contributed by atoms with Crippen LogP contribution in [0.2, 0.25) is 0 Å². The van der Waals surface area contributed by atoms with Gasteiger partial charge < -0.3 is 10.1 Å². The number of ether oxygens (including phenoxy) is 1. The Balaban J connectivity index is 2.16. The Hall–Kier alpha value is -3.50. The highest BCUT2D eigenvalue weighted by Gasteiger charge is 2.09. The number of nitrogens with zero attached hydrogens (tertiary/aromatic N) is 1. The maximum atomic E-state index is 12.2. The molecule has 0 saturated carbocycles. The number of carbonyl (C=O) groups is 1. The Kier molecular flexibility index (Phi) is 5.77. The van der Waals surface area contributed by atoms with Crippen molar-refractivity contribution in [3.63, 3.8) is 0 Å². The molecule has 0 saturated heterocycles. The molecule has 4 nitrogen and oxygen atoms in total. The molecule has 0 radical (unpaired) electrons. The first-order valence-electron chi connectivity index (χ1n) is 7.28. The summed E-state index contributed by atoms with van der Waals surface area (Å²) >= 11 is 0. The van der Waals surface area contributed by atoms with Crippen LogP contribution < -0.4 is 10.1 Å². The molecule has 24 heavy (non-hydrogen) atoms. The molecule has 0 atom stereocenters. The standard InChI is InChI=1S/C20H16N2O2/c1-3-11-24-19-6-4-5-16(13-19)12-17(14-21)20(23)22-18-9-7-15(2)8-10-18/h1,4-10,12-13H,11H2,2H3,(H,22,23)/b17-12-. The van der Waals surface area contributed by atoms with Crippen LogP contribution in [0.4, 0.5) is 5.69 Å². The van der Waals surface area contributed by atoms with Crippen LogP contribution in [0, 0.1) is 30.6 Å². The molecule has 0 spiro atoms. The number of carbonyl (C=O) groups excluding carboxylic acids is 1. The van der Waals surface area contributed by atoms with E-state index < -0.39 is 5.91 Å². The Morgan fingerprint density at radius 2 is 2.04 bits per heavy atom. The number of nitriles is 1. The van der Waals surface area contributed by atoms with Crippen LogP contribution >= 0.6 is 0 Å². The summed E-state index contributed by atoms with van der Waals surface area (Å²) in [7, 11) is 0. The predicted molar refractivity (Wildman–Crippen MR) is 94.2 cm³/mol. The Labute approximate surface area is 141 Å². The van der Waals surface area contributed by atoms with Gasteiger partial charge in [-0.3, -0.25) is 4.79 Å². The Bertz CT molecular complexity index is 837. The summed E-state index contributed by atoms with van der Waals surface area (Å²) in [6.45, 7) is 2.12. The second-order valence-electron chi connectivity index (χ2n) is 5.06. The van der Waals surface area contributed by atoms with Gasteiger partial charge in [0.25, 0.3) is 5.91 Å². The average molecular weight is 316 g/mol. The van der Waals surface area contributed by atoms with Crippen molar-refractivity contribution in [1.29, 1.82) is 5.26 Å². The molecule has 0 aliphatic carbocycles. The van der Waals surface area contributed by atoms with Gasteiger partial charge >= 0.3 is 0 Å². The van der Waals surface area contributed by atoms with Gasteiger partial charge in [-0.15, -0.1) is 6.42 Å². The molecule has 118 valence electrons. The van der Waals surface area contributed by atoms with E-state index in [0.29, 0.717) is 17.0 Å². The van der Waals surface area contributed by atoms with Crippen molar-refractivity contribution < 1.29 is 9.53 Å². The molecule has 0 aromatic heterocycles. The first kappa shape index (κ1) is 16.9. The largest absolute Gasteiger partial charge is 0.481 e. The lowest BCUT2D eigenvalue weighted by molar-refractivity contribution is -0.112. The number of amides is 1. The highest BCUT2D eigenvalue weighted by atomic mass is 16.5. The monoisotopic (exact) mass is 316 g/mol. The number of rotatable bonds is 5. The van der Waals surface area contributed by atoms with Gasteiger partial charge in [-0.25, -0.2) is 0 Å². The summed E-state index contributed by atoms with van der Waals surface area (Å²) in [6, 6.07) is 16.3. The highest BCUT2D eigenvalue weighted by molar-refractivity contribution is 6.09. The van der Waals surface area contributed by atoms with Crippen LogP contribution in [0.3, 0.4) is 0 Å². The second-order valence-corrected chi connectivity index (χ2v) is 5.06. The summed E-state index contributed by atoms with van der Waals surface area (Å²) in [6.07, 6.45) is 6.66. The lowest BCUT2D eigenvalue weighted by Crippen LogP contribution is -2.13. The minimum atomic E-state index is -0.462.